The molecule has 0 unspecified atom stereocenters. The number of thioether (sulfide) groups is 1. The van der Waals surface area contributed by atoms with Crippen LogP contribution in [0.4, 0.5) is 0 Å². The Hall–Kier alpha value is -1.07. The lowest BCUT2D eigenvalue weighted by Gasteiger charge is -2.05. The summed E-state index contributed by atoms with van der Waals surface area (Å²) in [5.41, 5.74) is 1.20. The molecule has 0 bridgehead atoms. The first kappa shape index (κ1) is 12.4. The Balaban J connectivity index is 2.02. The standard InChI is InChI=1S/C12H11BrN2OS/c1-16-11-4-3-9(7-10(11)13)8-17-12-14-5-2-6-15-12/h2-7H,8H2,1H3. The van der Waals surface area contributed by atoms with Crippen molar-refractivity contribution in [3.05, 3.63) is 46.7 Å². The summed E-state index contributed by atoms with van der Waals surface area (Å²) in [5.74, 6) is 1.68. The van der Waals surface area contributed by atoms with E-state index in [1.807, 2.05) is 18.2 Å². The number of benzene rings is 1. The van der Waals surface area contributed by atoms with Crippen molar-refractivity contribution in [1.29, 1.82) is 0 Å². The van der Waals surface area contributed by atoms with Crippen LogP contribution in [-0.2, 0) is 5.75 Å². The van der Waals surface area contributed by atoms with Gasteiger partial charge in [0, 0.05) is 18.1 Å². The molecule has 1 aromatic heterocycles. The highest BCUT2D eigenvalue weighted by molar-refractivity contribution is 9.10. The molecule has 1 aromatic carbocycles. The third-order valence-electron chi connectivity index (χ3n) is 2.13. The third-order valence-corrected chi connectivity index (χ3v) is 3.69. The molecule has 5 heteroatoms. The van der Waals surface area contributed by atoms with E-state index < -0.39 is 0 Å². The van der Waals surface area contributed by atoms with Crippen molar-refractivity contribution in [3.8, 4) is 5.75 Å². The molecule has 0 aliphatic carbocycles. The molecule has 2 aromatic rings. The summed E-state index contributed by atoms with van der Waals surface area (Å²) >= 11 is 5.08. The first-order valence-electron chi connectivity index (χ1n) is 5.02. The number of ether oxygens (including phenoxy) is 1. The van der Waals surface area contributed by atoms with E-state index in [0.29, 0.717) is 0 Å². The molecule has 0 fully saturated rings. The highest BCUT2D eigenvalue weighted by atomic mass is 79.9. The molecule has 0 amide bonds. The molecule has 0 radical (unpaired) electrons. The first-order chi connectivity index (χ1) is 8.29. The SMILES string of the molecule is COc1ccc(CSc2ncccn2)cc1Br. The predicted molar refractivity (Wildman–Crippen MR) is 72.3 cm³/mol. The van der Waals surface area contributed by atoms with Crippen molar-refractivity contribution in [3.63, 3.8) is 0 Å². The summed E-state index contributed by atoms with van der Waals surface area (Å²) in [6, 6.07) is 7.86. The third kappa shape index (κ3) is 3.44. The summed E-state index contributed by atoms with van der Waals surface area (Å²) in [6.07, 6.45) is 3.50. The molecule has 3 nitrogen and oxygen atoms in total. The van der Waals surface area contributed by atoms with Gasteiger partial charge in [-0.15, -0.1) is 0 Å². The minimum Gasteiger partial charge on any atom is -0.496 e. The normalized spacial score (nSPS) is 10.2. The topological polar surface area (TPSA) is 35.0 Å². The highest BCUT2D eigenvalue weighted by Crippen LogP contribution is 2.28. The van der Waals surface area contributed by atoms with Crippen molar-refractivity contribution in [2.75, 3.05) is 7.11 Å². The maximum atomic E-state index is 5.18. The zero-order valence-corrected chi connectivity index (χ0v) is 11.7. The van der Waals surface area contributed by atoms with Gasteiger partial charge in [0.2, 0.25) is 0 Å². The minimum absolute atomic E-state index is 0.791. The lowest BCUT2D eigenvalue weighted by atomic mass is 10.2. The van der Waals surface area contributed by atoms with Crippen LogP contribution in [0.15, 0.2) is 46.3 Å². The summed E-state index contributed by atoms with van der Waals surface area (Å²) in [6.45, 7) is 0. The van der Waals surface area contributed by atoms with Gasteiger partial charge < -0.3 is 4.74 Å². The van der Waals surface area contributed by atoms with Crippen LogP contribution in [0, 0.1) is 0 Å². The zero-order valence-electron chi connectivity index (χ0n) is 9.26. The smallest absolute Gasteiger partial charge is 0.187 e. The fourth-order valence-electron chi connectivity index (χ4n) is 1.31. The van der Waals surface area contributed by atoms with Crippen LogP contribution in [0.25, 0.3) is 0 Å². The van der Waals surface area contributed by atoms with Crippen LogP contribution in [-0.4, -0.2) is 17.1 Å². The maximum absolute atomic E-state index is 5.18. The van der Waals surface area contributed by atoms with Crippen molar-refractivity contribution >= 4 is 27.7 Å². The van der Waals surface area contributed by atoms with Gasteiger partial charge in [0.05, 0.1) is 11.6 Å². The van der Waals surface area contributed by atoms with Crippen molar-refractivity contribution < 1.29 is 4.74 Å². The van der Waals surface area contributed by atoms with Crippen LogP contribution in [0.2, 0.25) is 0 Å². The molecule has 0 saturated carbocycles. The van der Waals surface area contributed by atoms with Gasteiger partial charge in [0.1, 0.15) is 5.75 Å². The molecule has 1 heterocycles. The molecule has 17 heavy (non-hydrogen) atoms. The van der Waals surface area contributed by atoms with Gasteiger partial charge in [-0.05, 0) is 39.7 Å². The maximum Gasteiger partial charge on any atom is 0.187 e. The molecule has 0 spiro atoms. The molecule has 0 aliphatic rings. The fraction of sp³-hybridized carbons (Fsp3) is 0.167. The fourth-order valence-corrected chi connectivity index (χ4v) is 2.64. The van der Waals surface area contributed by atoms with Gasteiger partial charge in [-0.3, -0.25) is 0 Å². The predicted octanol–water partition coefficient (Wildman–Crippen LogP) is 3.54. The number of nitrogens with zero attached hydrogens (tertiary/aromatic N) is 2. The molecule has 0 atom stereocenters. The zero-order chi connectivity index (χ0) is 12.1. The Morgan fingerprint density at radius 2 is 2.06 bits per heavy atom. The number of rotatable bonds is 4. The second-order valence-corrected chi connectivity index (χ2v) is 5.09. The quantitative estimate of drug-likeness (QED) is 0.639. The molecule has 0 aliphatic heterocycles. The van der Waals surface area contributed by atoms with E-state index in [-0.39, 0.29) is 0 Å². The van der Waals surface area contributed by atoms with E-state index in [2.05, 4.69) is 32.0 Å². The second-order valence-electron chi connectivity index (χ2n) is 3.29. The molecule has 0 N–H and O–H groups in total. The van der Waals surface area contributed by atoms with Gasteiger partial charge in [-0.1, -0.05) is 17.8 Å². The average Bonchev–Trinajstić information content (AvgIpc) is 2.38. The molecular formula is C12H11BrN2OS. The summed E-state index contributed by atoms with van der Waals surface area (Å²) < 4.78 is 6.15. The van der Waals surface area contributed by atoms with Crippen LogP contribution in [0.3, 0.4) is 0 Å². The lowest BCUT2D eigenvalue weighted by molar-refractivity contribution is 0.412. The number of aromatic nitrogens is 2. The van der Waals surface area contributed by atoms with E-state index in [0.717, 1.165) is 21.1 Å². The number of methoxy groups -OCH3 is 1. The Bertz CT molecular complexity index is 493. The van der Waals surface area contributed by atoms with Crippen molar-refractivity contribution in [1.82, 2.24) is 9.97 Å². The second kappa shape index (κ2) is 6.02. The summed E-state index contributed by atoms with van der Waals surface area (Å²) in [5, 5.41) is 0.791. The Morgan fingerprint density at radius 3 is 2.71 bits per heavy atom. The largest absolute Gasteiger partial charge is 0.496 e. The Labute approximate surface area is 113 Å². The number of hydrogen-bond donors (Lipinski definition) is 0. The van der Waals surface area contributed by atoms with Gasteiger partial charge >= 0.3 is 0 Å². The minimum atomic E-state index is 0.791. The molecule has 0 saturated heterocycles. The van der Waals surface area contributed by atoms with Gasteiger partial charge in [-0.2, -0.15) is 0 Å². The molecule has 2 rings (SSSR count). The average molecular weight is 311 g/mol. The van der Waals surface area contributed by atoms with Crippen LogP contribution < -0.4 is 4.74 Å². The van der Waals surface area contributed by atoms with Gasteiger partial charge in [0.25, 0.3) is 0 Å². The van der Waals surface area contributed by atoms with Crippen LogP contribution in [0.5, 0.6) is 5.75 Å². The Morgan fingerprint density at radius 1 is 1.29 bits per heavy atom. The summed E-state index contributed by atoms with van der Waals surface area (Å²) in [4.78, 5) is 8.33. The highest BCUT2D eigenvalue weighted by Gasteiger charge is 2.03. The monoisotopic (exact) mass is 310 g/mol. The number of halogens is 1. The van der Waals surface area contributed by atoms with Crippen molar-refractivity contribution in [2.45, 2.75) is 10.9 Å². The van der Waals surface area contributed by atoms with Crippen LogP contribution >= 0.6 is 27.7 Å². The van der Waals surface area contributed by atoms with E-state index >= 15 is 0 Å². The van der Waals surface area contributed by atoms with Crippen LogP contribution in [0.1, 0.15) is 5.56 Å². The summed E-state index contributed by atoms with van der Waals surface area (Å²) in [7, 11) is 1.66. The Kier molecular flexibility index (Phi) is 4.39. The van der Waals surface area contributed by atoms with E-state index in [1.165, 1.54) is 5.56 Å². The first-order valence-corrected chi connectivity index (χ1v) is 6.79. The van der Waals surface area contributed by atoms with Gasteiger partial charge in [-0.25, -0.2) is 9.97 Å². The molecular weight excluding hydrogens is 300 g/mol. The van der Waals surface area contributed by atoms with Gasteiger partial charge in [0.15, 0.2) is 5.16 Å². The molecule has 88 valence electrons. The van der Waals surface area contributed by atoms with E-state index in [9.17, 15) is 0 Å². The number of hydrogen-bond acceptors (Lipinski definition) is 4. The lowest BCUT2D eigenvalue weighted by Crippen LogP contribution is -1.88. The van der Waals surface area contributed by atoms with Crippen molar-refractivity contribution in [2.24, 2.45) is 0 Å². The van der Waals surface area contributed by atoms with E-state index in [4.69, 9.17) is 4.74 Å². The van der Waals surface area contributed by atoms with E-state index in [1.54, 1.807) is 31.3 Å².